The predicted molar refractivity (Wildman–Crippen MR) is 98.7 cm³/mol. The van der Waals surface area contributed by atoms with E-state index in [2.05, 4.69) is 15.5 Å². The van der Waals surface area contributed by atoms with Gasteiger partial charge in [0.25, 0.3) is 0 Å². The summed E-state index contributed by atoms with van der Waals surface area (Å²) in [6, 6.07) is 11.0. The van der Waals surface area contributed by atoms with Crippen LogP contribution in [0.3, 0.4) is 0 Å². The van der Waals surface area contributed by atoms with Crippen molar-refractivity contribution in [1.29, 1.82) is 0 Å². The molecule has 0 radical (unpaired) electrons. The van der Waals surface area contributed by atoms with Crippen molar-refractivity contribution in [3.63, 3.8) is 0 Å². The van der Waals surface area contributed by atoms with Crippen molar-refractivity contribution < 1.29 is 22.8 Å². The number of amides is 2. The molecular formula is C19H20F3N3O2. The molecule has 0 aliphatic carbocycles. The Labute approximate surface area is 155 Å². The normalized spacial score (nSPS) is 11.0. The fourth-order valence-electron chi connectivity index (χ4n) is 2.49. The van der Waals surface area contributed by atoms with Gasteiger partial charge in [-0.3, -0.25) is 9.59 Å². The van der Waals surface area contributed by atoms with Crippen LogP contribution in [0.25, 0.3) is 0 Å². The van der Waals surface area contributed by atoms with Crippen molar-refractivity contribution in [1.82, 2.24) is 0 Å². The number of rotatable bonds is 5. The molecule has 2 N–H and O–H groups in total. The lowest BCUT2D eigenvalue weighted by atomic mass is 10.2. The van der Waals surface area contributed by atoms with Gasteiger partial charge in [-0.1, -0.05) is 6.07 Å². The van der Waals surface area contributed by atoms with Crippen molar-refractivity contribution in [2.45, 2.75) is 20.0 Å². The zero-order valence-electron chi connectivity index (χ0n) is 14.9. The number of hydrogen-bond acceptors (Lipinski definition) is 3. The molecule has 0 saturated carbocycles. The Bertz CT molecular complexity index is 801. The maximum Gasteiger partial charge on any atom is 0.416 e. The van der Waals surface area contributed by atoms with Crippen molar-refractivity contribution in [3.05, 3.63) is 54.1 Å². The molecule has 0 bridgehead atoms. The number of nitrogens with one attached hydrogen (secondary N) is 2. The van der Waals surface area contributed by atoms with Gasteiger partial charge in [0, 0.05) is 30.2 Å². The molecule has 0 aromatic heterocycles. The smallest absolute Gasteiger partial charge is 0.372 e. The van der Waals surface area contributed by atoms with Crippen LogP contribution in [0.4, 0.5) is 30.2 Å². The van der Waals surface area contributed by atoms with E-state index in [9.17, 15) is 22.8 Å². The second kappa shape index (κ2) is 8.57. The molecule has 0 unspecified atom stereocenters. The number of halogens is 3. The maximum absolute atomic E-state index is 12.7. The summed E-state index contributed by atoms with van der Waals surface area (Å²) in [5.41, 5.74) is 0.371. The number of carbonyl (C=O) groups is 2. The molecule has 144 valence electrons. The average Bonchev–Trinajstić information content (AvgIpc) is 2.63. The summed E-state index contributed by atoms with van der Waals surface area (Å²) < 4.78 is 38.1. The number of alkyl halides is 3. The third-order valence-corrected chi connectivity index (χ3v) is 3.91. The van der Waals surface area contributed by atoms with E-state index in [0.29, 0.717) is 5.69 Å². The average molecular weight is 379 g/mol. The molecule has 2 amide bonds. The summed E-state index contributed by atoms with van der Waals surface area (Å²) in [5.74, 6) is -2.02. The zero-order valence-corrected chi connectivity index (χ0v) is 14.9. The van der Waals surface area contributed by atoms with Crippen LogP contribution >= 0.6 is 0 Å². The van der Waals surface area contributed by atoms with Gasteiger partial charge in [0.1, 0.15) is 0 Å². The molecule has 27 heavy (non-hydrogen) atoms. The Kier molecular flexibility index (Phi) is 6.44. The Morgan fingerprint density at radius 2 is 1.44 bits per heavy atom. The van der Waals surface area contributed by atoms with Crippen molar-refractivity contribution in [2.75, 3.05) is 28.6 Å². The lowest BCUT2D eigenvalue weighted by molar-refractivity contribution is -0.137. The highest BCUT2D eigenvalue weighted by molar-refractivity contribution is 6.43. The summed E-state index contributed by atoms with van der Waals surface area (Å²) in [4.78, 5) is 26.0. The minimum atomic E-state index is -4.53. The monoisotopic (exact) mass is 379 g/mol. The first kappa shape index (κ1) is 20.3. The van der Waals surface area contributed by atoms with Crippen LogP contribution in [0.2, 0.25) is 0 Å². The van der Waals surface area contributed by atoms with Gasteiger partial charge in [0.2, 0.25) is 0 Å². The van der Waals surface area contributed by atoms with Gasteiger partial charge in [-0.05, 0) is 56.3 Å². The van der Waals surface area contributed by atoms with Crippen molar-refractivity contribution in [3.8, 4) is 0 Å². The van der Waals surface area contributed by atoms with Gasteiger partial charge in [-0.2, -0.15) is 13.2 Å². The van der Waals surface area contributed by atoms with Crippen LogP contribution in [-0.4, -0.2) is 24.9 Å². The fraction of sp³-hybridized carbons (Fsp3) is 0.263. The summed E-state index contributed by atoms with van der Waals surface area (Å²) >= 11 is 0. The first-order valence-electron chi connectivity index (χ1n) is 8.39. The fourth-order valence-corrected chi connectivity index (χ4v) is 2.49. The Balaban J connectivity index is 2.01. The van der Waals surface area contributed by atoms with Crippen LogP contribution in [0.5, 0.6) is 0 Å². The first-order valence-corrected chi connectivity index (χ1v) is 8.39. The molecule has 2 aromatic carbocycles. The molecule has 0 heterocycles. The molecule has 0 aliphatic rings. The van der Waals surface area contributed by atoms with Gasteiger partial charge < -0.3 is 15.5 Å². The highest BCUT2D eigenvalue weighted by Gasteiger charge is 2.30. The Hall–Kier alpha value is -3.03. The van der Waals surface area contributed by atoms with Gasteiger partial charge in [-0.15, -0.1) is 0 Å². The van der Waals surface area contributed by atoms with E-state index < -0.39 is 23.6 Å². The number of nitrogens with zero attached hydrogens (tertiary/aromatic N) is 1. The van der Waals surface area contributed by atoms with Gasteiger partial charge >= 0.3 is 18.0 Å². The van der Waals surface area contributed by atoms with E-state index in [1.165, 1.54) is 6.07 Å². The molecule has 2 aromatic rings. The molecule has 5 nitrogen and oxygen atoms in total. The minimum Gasteiger partial charge on any atom is -0.372 e. The Morgan fingerprint density at radius 3 is 1.96 bits per heavy atom. The first-order chi connectivity index (χ1) is 12.7. The van der Waals surface area contributed by atoms with E-state index in [-0.39, 0.29) is 5.69 Å². The topological polar surface area (TPSA) is 61.4 Å². The standard InChI is InChI=1S/C19H20F3N3O2/c1-3-25(4-2)16-10-8-14(9-11-16)23-17(26)18(27)24-15-7-5-6-13(12-15)19(20,21)22/h5-12H,3-4H2,1-2H3,(H,23,26)(H,24,27). The SMILES string of the molecule is CCN(CC)c1ccc(NC(=O)C(=O)Nc2cccc(C(F)(F)F)c2)cc1. The summed E-state index contributed by atoms with van der Waals surface area (Å²) in [6.45, 7) is 5.72. The summed E-state index contributed by atoms with van der Waals surface area (Å²) in [5, 5.41) is 4.58. The number of hydrogen-bond donors (Lipinski definition) is 2. The second-order valence-electron chi connectivity index (χ2n) is 5.71. The van der Waals surface area contributed by atoms with Crippen LogP contribution in [0, 0.1) is 0 Å². The molecular weight excluding hydrogens is 359 g/mol. The quantitative estimate of drug-likeness (QED) is 0.768. The molecule has 0 aliphatic heterocycles. The molecule has 0 saturated heterocycles. The Morgan fingerprint density at radius 1 is 0.889 bits per heavy atom. The molecule has 8 heteroatoms. The van der Waals surface area contributed by atoms with Crippen LogP contribution in [-0.2, 0) is 15.8 Å². The largest absolute Gasteiger partial charge is 0.416 e. The van der Waals surface area contributed by atoms with Crippen LogP contribution < -0.4 is 15.5 Å². The third kappa shape index (κ3) is 5.47. The number of anilines is 3. The van der Waals surface area contributed by atoms with E-state index in [1.807, 2.05) is 26.0 Å². The van der Waals surface area contributed by atoms with E-state index in [4.69, 9.17) is 0 Å². The van der Waals surface area contributed by atoms with E-state index in [1.54, 1.807) is 12.1 Å². The van der Waals surface area contributed by atoms with Gasteiger partial charge in [0.05, 0.1) is 5.56 Å². The third-order valence-electron chi connectivity index (χ3n) is 3.91. The van der Waals surface area contributed by atoms with Gasteiger partial charge in [-0.25, -0.2) is 0 Å². The summed E-state index contributed by atoms with van der Waals surface area (Å²) in [6.07, 6.45) is -4.53. The molecule has 0 atom stereocenters. The maximum atomic E-state index is 12.7. The van der Waals surface area contributed by atoms with E-state index >= 15 is 0 Å². The van der Waals surface area contributed by atoms with Crippen LogP contribution in [0.1, 0.15) is 19.4 Å². The van der Waals surface area contributed by atoms with Crippen LogP contribution in [0.15, 0.2) is 48.5 Å². The molecule has 0 spiro atoms. The molecule has 2 rings (SSSR count). The highest BCUT2D eigenvalue weighted by Crippen LogP contribution is 2.30. The number of benzene rings is 2. The predicted octanol–water partition coefficient (Wildman–Crippen LogP) is 4.13. The van der Waals surface area contributed by atoms with E-state index in [0.717, 1.165) is 37.0 Å². The molecule has 0 fully saturated rings. The lowest BCUT2D eigenvalue weighted by Gasteiger charge is -2.21. The number of carbonyl (C=O) groups excluding carboxylic acids is 2. The minimum absolute atomic E-state index is 0.109. The zero-order chi connectivity index (χ0) is 20.0. The summed E-state index contributed by atoms with van der Waals surface area (Å²) in [7, 11) is 0. The van der Waals surface area contributed by atoms with Crippen molar-refractivity contribution in [2.24, 2.45) is 0 Å². The van der Waals surface area contributed by atoms with Gasteiger partial charge in [0.15, 0.2) is 0 Å². The highest BCUT2D eigenvalue weighted by atomic mass is 19.4. The van der Waals surface area contributed by atoms with Crippen molar-refractivity contribution >= 4 is 28.9 Å². The lowest BCUT2D eigenvalue weighted by Crippen LogP contribution is -2.29. The second-order valence-corrected chi connectivity index (χ2v) is 5.71.